The number of carbonyl (C=O) groups excluding carboxylic acids is 2. The summed E-state index contributed by atoms with van der Waals surface area (Å²) in [6.07, 6.45) is 1.15. The first-order valence-electron chi connectivity index (χ1n) is 9.36. The Kier molecular flexibility index (Phi) is 9.01. The van der Waals surface area contributed by atoms with Gasteiger partial charge in [0.25, 0.3) is 0 Å². The first-order valence-corrected chi connectivity index (χ1v) is 9.36. The number of nitrogens with one attached hydrogen (secondary N) is 1. The van der Waals surface area contributed by atoms with Gasteiger partial charge in [-0.15, -0.1) is 0 Å². The van der Waals surface area contributed by atoms with Gasteiger partial charge in [0.1, 0.15) is 12.5 Å². The second-order valence-corrected chi connectivity index (χ2v) is 6.44. The highest BCUT2D eigenvalue weighted by atomic mass is 16.5. The average Bonchev–Trinajstić information content (AvgIpc) is 2.74. The molecule has 150 valence electrons. The van der Waals surface area contributed by atoms with Crippen molar-refractivity contribution in [2.45, 2.75) is 37.8 Å². The van der Waals surface area contributed by atoms with Gasteiger partial charge in [-0.05, 0) is 30.4 Å². The first kappa shape index (κ1) is 21.4. The molecule has 6 heteroatoms. The Hall–Kier alpha value is -2.86. The van der Waals surface area contributed by atoms with E-state index in [0.29, 0.717) is 19.3 Å². The monoisotopic (exact) mass is 385 g/mol. The lowest BCUT2D eigenvalue weighted by Crippen LogP contribution is -2.42. The molecule has 0 bridgehead atoms. The van der Waals surface area contributed by atoms with Crippen LogP contribution in [0.2, 0.25) is 0 Å². The van der Waals surface area contributed by atoms with Gasteiger partial charge in [0.2, 0.25) is 0 Å². The second-order valence-electron chi connectivity index (χ2n) is 6.44. The van der Waals surface area contributed by atoms with Gasteiger partial charge >= 0.3 is 12.1 Å². The number of hydrogen-bond donors (Lipinski definition) is 2. The number of aliphatic hydroxyl groups excluding tert-OH is 1. The summed E-state index contributed by atoms with van der Waals surface area (Å²) in [5.41, 5.74) is 1.63. The van der Waals surface area contributed by atoms with Crippen molar-refractivity contribution >= 4 is 12.1 Å². The molecule has 6 nitrogen and oxygen atoms in total. The van der Waals surface area contributed by atoms with Crippen molar-refractivity contribution in [3.05, 3.63) is 71.8 Å². The average molecular weight is 385 g/mol. The molecule has 2 aromatic rings. The largest absolute Gasteiger partial charge is 0.468 e. The summed E-state index contributed by atoms with van der Waals surface area (Å²) in [7, 11) is 1.33. The fourth-order valence-electron chi connectivity index (χ4n) is 3.03. The predicted molar refractivity (Wildman–Crippen MR) is 106 cm³/mol. The Morgan fingerprint density at radius 1 is 1.00 bits per heavy atom. The second kappa shape index (κ2) is 11.8. The molecule has 2 unspecified atom stereocenters. The van der Waals surface area contributed by atoms with Crippen molar-refractivity contribution in [3.8, 4) is 0 Å². The van der Waals surface area contributed by atoms with Gasteiger partial charge in [-0.25, -0.2) is 4.79 Å². The molecule has 0 spiro atoms. The Morgan fingerprint density at radius 2 is 1.64 bits per heavy atom. The molecule has 0 saturated carbocycles. The lowest BCUT2D eigenvalue weighted by molar-refractivity contribution is -0.143. The topological polar surface area (TPSA) is 84.9 Å². The molecule has 1 amide bonds. The SMILES string of the molecule is COC(=O)C(c1ccccc1)C(CCCCO)NC(=O)OCc1ccccc1. The van der Waals surface area contributed by atoms with E-state index in [1.165, 1.54) is 7.11 Å². The molecule has 2 N–H and O–H groups in total. The molecule has 0 aliphatic carbocycles. The van der Waals surface area contributed by atoms with Crippen molar-refractivity contribution in [1.29, 1.82) is 0 Å². The van der Waals surface area contributed by atoms with E-state index in [4.69, 9.17) is 14.6 Å². The fraction of sp³-hybridized carbons (Fsp3) is 0.364. The van der Waals surface area contributed by atoms with Gasteiger partial charge < -0.3 is 19.9 Å². The number of amides is 1. The van der Waals surface area contributed by atoms with Crippen LogP contribution in [0.25, 0.3) is 0 Å². The van der Waals surface area contributed by atoms with Crippen LogP contribution in [0.5, 0.6) is 0 Å². The highest BCUT2D eigenvalue weighted by molar-refractivity contribution is 5.80. The lowest BCUT2D eigenvalue weighted by Gasteiger charge is -2.26. The van der Waals surface area contributed by atoms with Crippen LogP contribution < -0.4 is 5.32 Å². The maximum absolute atomic E-state index is 12.5. The molecule has 0 aliphatic rings. The van der Waals surface area contributed by atoms with Gasteiger partial charge in [-0.1, -0.05) is 60.7 Å². The normalized spacial score (nSPS) is 12.6. The third kappa shape index (κ3) is 6.70. The van der Waals surface area contributed by atoms with Gasteiger partial charge in [-0.3, -0.25) is 4.79 Å². The highest BCUT2D eigenvalue weighted by Crippen LogP contribution is 2.25. The van der Waals surface area contributed by atoms with Crippen LogP contribution in [0.4, 0.5) is 4.79 Å². The van der Waals surface area contributed by atoms with Crippen LogP contribution in [0.3, 0.4) is 0 Å². The minimum absolute atomic E-state index is 0.0550. The number of hydrogen-bond acceptors (Lipinski definition) is 5. The summed E-state index contributed by atoms with van der Waals surface area (Å²) >= 11 is 0. The minimum Gasteiger partial charge on any atom is -0.468 e. The summed E-state index contributed by atoms with van der Waals surface area (Å²) in [6, 6.07) is 18.1. The minimum atomic E-state index is -0.658. The molecule has 28 heavy (non-hydrogen) atoms. The number of aliphatic hydroxyl groups is 1. The Labute approximate surface area is 165 Å². The number of ether oxygens (including phenoxy) is 2. The van der Waals surface area contributed by atoms with E-state index in [0.717, 1.165) is 11.1 Å². The van der Waals surface area contributed by atoms with E-state index in [1.54, 1.807) is 0 Å². The maximum atomic E-state index is 12.5. The number of alkyl carbamates (subject to hydrolysis) is 1. The number of carbonyl (C=O) groups is 2. The highest BCUT2D eigenvalue weighted by Gasteiger charge is 2.32. The van der Waals surface area contributed by atoms with E-state index < -0.39 is 24.0 Å². The van der Waals surface area contributed by atoms with E-state index in [9.17, 15) is 9.59 Å². The number of unbranched alkanes of at least 4 members (excludes halogenated alkanes) is 1. The Morgan fingerprint density at radius 3 is 2.25 bits per heavy atom. The Balaban J connectivity index is 2.11. The number of esters is 1. The van der Waals surface area contributed by atoms with Gasteiger partial charge in [0, 0.05) is 12.6 Å². The number of rotatable bonds is 10. The van der Waals surface area contributed by atoms with Crippen molar-refractivity contribution in [2.75, 3.05) is 13.7 Å². The van der Waals surface area contributed by atoms with Crippen LogP contribution in [0.15, 0.2) is 60.7 Å². The first-order chi connectivity index (χ1) is 13.7. The molecule has 0 radical (unpaired) electrons. The van der Waals surface area contributed by atoms with Crippen LogP contribution in [0, 0.1) is 0 Å². The molecule has 2 aromatic carbocycles. The van der Waals surface area contributed by atoms with E-state index in [1.807, 2.05) is 60.7 Å². The summed E-state index contributed by atoms with van der Waals surface area (Å²) in [5, 5.41) is 11.9. The van der Waals surface area contributed by atoms with Crippen LogP contribution >= 0.6 is 0 Å². The van der Waals surface area contributed by atoms with Gasteiger partial charge in [0.15, 0.2) is 0 Å². The molecule has 0 aliphatic heterocycles. The summed E-state index contributed by atoms with van der Waals surface area (Å²) in [6.45, 7) is 0.198. The van der Waals surface area contributed by atoms with E-state index in [-0.39, 0.29) is 13.2 Å². The number of benzene rings is 2. The quantitative estimate of drug-likeness (QED) is 0.484. The molecule has 2 rings (SSSR count). The van der Waals surface area contributed by atoms with E-state index in [2.05, 4.69) is 5.32 Å². The molecule has 2 atom stereocenters. The zero-order chi connectivity index (χ0) is 20.2. The molecular formula is C22H27NO5. The molecular weight excluding hydrogens is 358 g/mol. The predicted octanol–water partition coefficient (Wildman–Crippen LogP) is 3.40. The molecule has 0 aromatic heterocycles. The van der Waals surface area contributed by atoms with Crippen molar-refractivity contribution < 1.29 is 24.2 Å². The van der Waals surface area contributed by atoms with Gasteiger partial charge in [-0.2, -0.15) is 0 Å². The van der Waals surface area contributed by atoms with Gasteiger partial charge in [0.05, 0.1) is 7.11 Å². The van der Waals surface area contributed by atoms with Crippen molar-refractivity contribution in [1.82, 2.24) is 5.32 Å². The van der Waals surface area contributed by atoms with Crippen molar-refractivity contribution in [3.63, 3.8) is 0 Å². The Bertz CT molecular complexity index is 720. The fourth-order valence-corrected chi connectivity index (χ4v) is 3.03. The van der Waals surface area contributed by atoms with Crippen molar-refractivity contribution in [2.24, 2.45) is 0 Å². The standard InChI is InChI=1S/C22H27NO5/c1-27-21(25)20(18-12-6-3-7-13-18)19(14-8-9-15-24)23-22(26)28-16-17-10-4-2-5-11-17/h2-7,10-13,19-20,24H,8-9,14-16H2,1H3,(H,23,26). The third-order valence-corrected chi connectivity index (χ3v) is 4.46. The zero-order valence-corrected chi connectivity index (χ0v) is 16.0. The number of methoxy groups -OCH3 is 1. The molecule has 0 fully saturated rings. The zero-order valence-electron chi connectivity index (χ0n) is 16.0. The van der Waals surface area contributed by atoms with Crippen LogP contribution in [-0.2, 0) is 20.9 Å². The third-order valence-electron chi connectivity index (χ3n) is 4.46. The lowest BCUT2D eigenvalue weighted by atomic mass is 9.88. The summed E-state index contributed by atoms with van der Waals surface area (Å²) in [4.78, 5) is 24.9. The molecule has 0 saturated heterocycles. The van der Waals surface area contributed by atoms with E-state index >= 15 is 0 Å². The van der Waals surface area contributed by atoms with Crippen LogP contribution in [0.1, 0.15) is 36.3 Å². The summed E-state index contributed by atoms with van der Waals surface area (Å²) in [5.74, 6) is -1.09. The van der Waals surface area contributed by atoms with Crippen LogP contribution in [-0.4, -0.2) is 36.9 Å². The maximum Gasteiger partial charge on any atom is 0.407 e. The smallest absolute Gasteiger partial charge is 0.407 e. The molecule has 0 heterocycles. The summed E-state index contributed by atoms with van der Waals surface area (Å²) < 4.78 is 10.3.